The highest BCUT2D eigenvalue weighted by molar-refractivity contribution is 6.30. The lowest BCUT2D eigenvalue weighted by atomic mass is 9.84. The number of carbonyl (C=O) groups is 1. The van der Waals surface area contributed by atoms with Crippen LogP contribution in [-0.4, -0.2) is 66.2 Å². The number of nitrogens with one attached hydrogen (secondary N) is 2. The molecular weight excluding hydrogens is 650 g/mol. The van der Waals surface area contributed by atoms with Gasteiger partial charge in [-0.25, -0.2) is 18.0 Å². The number of hydrogen-bond donors (Lipinski definition) is 2. The van der Waals surface area contributed by atoms with Crippen molar-refractivity contribution in [3.8, 4) is 5.75 Å². The van der Waals surface area contributed by atoms with E-state index in [0.717, 1.165) is 23.9 Å². The van der Waals surface area contributed by atoms with Gasteiger partial charge in [0.05, 0.1) is 17.1 Å². The zero-order valence-corrected chi connectivity index (χ0v) is 24.6. The zero-order valence-electron chi connectivity index (χ0n) is 23.9. The smallest absolute Gasteiger partial charge is 0.428 e. The Balaban J connectivity index is 2.22. The minimum Gasteiger partial charge on any atom is -0.428 e. The molecule has 1 aromatic carbocycles. The fraction of sp³-hybridized carbons (Fsp3) is 0.571. The molecular formula is C28H31ClF10N4O2. The van der Waals surface area contributed by atoms with Crippen molar-refractivity contribution in [3.63, 3.8) is 0 Å². The van der Waals surface area contributed by atoms with Gasteiger partial charge in [-0.2, -0.15) is 30.7 Å². The van der Waals surface area contributed by atoms with E-state index in [4.69, 9.17) is 11.6 Å². The van der Waals surface area contributed by atoms with Crippen LogP contribution in [0.4, 0.5) is 48.7 Å². The summed E-state index contributed by atoms with van der Waals surface area (Å²) in [6.45, 7) is -1.76. The van der Waals surface area contributed by atoms with Crippen molar-refractivity contribution >= 4 is 17.6 Å². The second-order valence-corrected chi connectivity index (χ2v) is 11.4. The fourth-order valence-electron chi connectivity index (χ4n) is 4.92. The van der Waals surface area contributed by atoms with E-state index in [2.05, 4.69) is 20.4 Å². The van der Waals surface area contributed by atoms with Crippen molar-refractivity contribution in [2.45, 2.75) is 81.7 Å². The molecule has 0 spiro atoms. The van der Waals surface area contributed by atoms with Gasteiger partial charge < -0.3 is 15.4 Å². The SMILES string of the molecule is CC(F)(F)CCN(CCC(F)(F)F)CC(NC(=O)NC1CCCC1)(c1cc(F)cc(OC(F)(F)C(F)F)c1)c1ccc(Cl)cn1. The molecule has 0 radical (unpaired) electrons. The van der Waals surface area contributed by atoms with E-state index in [1.807, 2.05) is 0 Å². The lowest BCUT2D eigenvalue weighted by molar-refractivity contribution is -0.253. The summed E-state index contributed by atoms with van der Waals surface area (Å²) in [4.78, 5) is 18.5. The summed E-state index contributed by atoms with van der Waals surface area (Å²) in [7, 11) is 0. The molecule has 6 nitrogen and oxygen atoms in total. The van der Waals surface area contributed by atoms with Crippen LogP contribution < -0.4 is 15.4 Å². The quantitative estimate of drug-likeness (QED) is 0.199. The molecule has 2 N–H and O–H groups in total. The minimum absolute atomic E-state index is 0.0578. The first-order chi connectivity index (χ1) is 20.8. The van der Waals surface area contributed by atoms with Crippen LogP contribution in [0.25, 0.3) is 0 Å². The summed E-state index contributed by atoms with van der Waals surface area (Å²) in [5, 5.41) is 5.29. The topological polar surface area (TPSA) is 66.5 Å². The van der Waals surface area contributed by atoms with Crippen LogP contribution in [0.3, 0.4) is 0 Å². The summed E-state index contributed by atoms with van der Waals surface area (Å²) in [6.07, 6.45) is -12.7. The summed E-state index contributed by atoms with van der Waals surface area (Å²) in [5.74, 6) is -5.76. The fourth-order valence-corrected chi connectivity index (χ4v) is 5.04. The Labute approximate surface area is 257 Å². The van der Waals surface area contributed by atoms with Crippen LogP contribution in [-0.2, 0) is 5.54 Å². The van der Waals surface area contributed by atoms with Gasteiger partial charge in [-0.1, -0.05) is 24.4 Å². The van der Waals surface area contributed by atoms with E-state index < -0.39 is 85.8 Å². The van der Waals surface area contributed by atoms with E-state index in [1.54, 1.807) is 0 Å². The largest absolute Gasteiger partial charge is 0.461 e. The van der Waals surface area contributed by atoms with Crippen molar-refractivity contribution < 1.29 is 53.4 Å². The Morgan fingerprint density at radius 1 is 1.04 bits per heavy atom. The van der Waals surface area contributed by atoms with Gasteiger partial charge >= 0.3 is 24.7 Å². The van der Waals surface area contributed by atoms with Crippen molar-refractivity contribution in [1.82, 2.24) is 20.5 Å². The number of ether oxygens (including phenoxy) is 1. The third kappa shape index (κ3) is 11.1. The first kappa shape index (κ1) is 36.5. The number of alkyl halides is 9. The van der Waals surface area contributed by atoms with Crippen molar-refractivity contribution in [3.05, 3.63) is 58.6 Å². The van der Waals surface area contributed by atoms with Crippen LogP contribution in [0.2, 0.25) is 5.02 Å². The van der Waals surface area contributed by atoms with E-state index in [1.165, 1.54) is 12.1 Å². The number of rotatable bonds is 14. The maximum Gasteiger partial charge on any atom is 0.461 e. The van der Waals surface area contributed by atoms with Crippen LogP contribution in [0, 0.1) is 5.82 Å². The maximum atomic E-state index is 15.0. The number of pyridine rings is 1. The molecule has 1 heterocycles. The molecule has 0 aliphatic heterocycles. The number of carbonyl (C=O) groups excluding carboxylic acids is 1. The molecule has 2 aromatic rings. The predicted molar refractivity (Wildman–Crippen MR) is 144 cm³/mol. The van der Waals surface area contributed by atoms with Gasteiger partial charge in [-0.15, -0.1) is 0 Å². The van der Waals surface area contributed by atoms with E-state index >= 15 is 0 Å². The lowest BCUT2D eigenvalue weighted by Crippen LogP contribution is -2.58. The Morgan fingerprint density at radius 2 is 1.69 bits per heavy atom. The number of nitrogens with zero attached hydrogens (tertiary/aromatic N) is 2. The van der Waals surface area contributed by atoms with Crippen molar-refractivity contribution in [1.29, 1.82) is 0 Å². The first-order valence-electron chi connectivity index (χ1n) is 13.8. The monoisotopic (exact) mass is 680 g/mol. The Kier molecular flexibility index (Phi) is 11.8. The third-order valence-electron chi connectivity index (χ3n) is 7.09. The van der Waals surface area contributed by atoms with E-state index in [-0.39, 0.29) is 16.8 Å². The van der Waals surface area contributed by atoms with Gasteiger partial charge in [-0.3, -0.25) is 9.88 Å². The molecule has 3 rings (SSSR count). The number of amides is 2. The number of hydrogen-bond acceptors (Lipinski definition) is 4. The molecule has 17 heteroatoms. The van der Waals surface area contributed by atoms with Gasteiger partial charge in [0.2, 0.25) is 5.92 Å². The molecule has 0 bridgehead atoms. The van der Waals surface area contributed by atoms with Gasteiger partial charge in [-0.05, 0) is 49.6 Å². The van der Waals surface area contributed by atoms with Gasteiger partial charge in [0.25, 0.3) is 0 Å². The maximum absolute atomic E-state index is 15.0. The molecule has 1 atom stereocenters. The summed E-state index contributed by atoms with van der Waals surface area (Å²) < 4.78 is 140. The highest BCUT2D eigenvalue weighted by atomic mass is 35.5. The van der Waals surface area contributed by atoms with Crippen LogP contribution in [0.15, 0.2) is 36.5 Å². The van der Waals surface area contributed by atoms with E-state index in [9.17, 15) is 48.7 Å². The molecule has 1 saturated carbocycles. The van der Waals surface area contributed by atoms with Gasteiger partial charge in [0.15, 0.2) is 0 Å². The summed E-state index contributed by atoms with van der Waals surface area (Å²) in [5.41, 5.74) is -2.94. The van der Waals surface area contributed by atoms with Crippen LogP contribution in [0.1, 0.15) is 56.7 Å². The molecule has 1 fully saturated rings. The predicted octanol–water partition coefficient (Wildman–Crippen LogP) is 7.90. The van der Waals surface area contributed by atoms with Crippen LogP contribution >= 0.6 is 11.6 Å². The minimum atomic E-state index is -5.08. The molecule has 0 saturated heterocycles. The standard InChI is InChI=1S/C28H31ClF10N4O2/c1-25(33,34)8-10-43(11-9-27(35,36)37)16-26(22-7-6-18(29)15-40-22,42-24(44)41-20-4-2-3-5-20)17-12-19(30)14-21(13-17)45-28(38,39)23(31)32/h6-7,12-15,20,23H,2-5,8-11,16H2,1H3,(H2,41,42,44). The molecule has 252 valence electrons. The summed E-state index contributed by atoms with van der Waals surface area (Å²) >= 11 is 5.97. The zero-order chi connectivity index (χ0) is 33.6. The molecule has 1 unspecified atom stereocenters. The van der Waals surface area contributed by atoms with Gasteiger partial charge in [0.1, 0.15) is 17.1 Å². The first-order valence-corrected chi connectivity index (χ1v) is 14.2. The van der Waals surface area contributed by atoms with Crippen molar-refractivity contribution in [2.75, 3.05) is 19.6 Å². The van der Waals surface area contributed by atoms with Crippen LogP contribution in [0.5, 0.6) is 5.75 Å². The number of urea groups is 1. The second-order valence-electron chi connectivity index (χ2n) is 10.9. The average Bonchev–Trinajstić information content (AvgIpc) is 3.41. The van der Waals surface area contributed by atoms with E-state index in [0.29, 0.717) is 38.0 Å². The Morgan fingerprint density at radius 3 is 2.24 bits per heavy atom. The Bertz CT molecular complexity index is 1250. The average molecular weight is 681 g/mol. The van der Waals surface area contributed by atoms with Gasteiger partial charge in [0, 0.05) is 44.4 Å². The highest BCUT2D eigenvalue weighted by Gasteiger charge is 2.46. The summed E-state index contributed by atoms with van der Waals surface area (Å²) in [6, 6.07) is 2.96. The number of halogens is 11. The highest BCUT2D eigenvalue weighted by Crippen LogP contribution is 2.37. The number of aromatic nitrogens is 1. The Hall–Kier alpha value is -3.01. The normalized spacial score (nSPS) is 16.2. The lowest BCUT2D eigenvalue weighted by Gasteiger charge is -2.40. The molecule has 1 aliphatic carbocycles. The number of benzene rings is 1. The molecule has 1 aliphatic rings. The second kappa shape index (κ2) is 14.6. The molecule has 1 aromatic heterocycles. The third-order valence-corrected chi connectivity index (χ3v) is 7.32. The molecule has 45 heavy (non-hydrogen) atoms. The van der Waals surface area contributed by atoms with Crippen molar-refractivity contribution in [2.24, 2.45) is 0 Å². The molecule has 2 amide bonds.